The van der Waals surface area contributed by atoms with E-state index in [1.807, 2.05) is 0 Å². The maximum atomic E-state index is 11.3. The lowest BCUT2D eigenvalue weighted by Gasteiger charge is -2.08. The summed E-state index contributed by atoms with van der Waals surface area (Å²) in [4.78, 5) is 14.1. The van der Waals surface area contributed by atoms with E-state index >= 15 is 0 Å². The zero-order chi connectivity index (χ0) is 10.6. The molecule has 0 saturated carbocycles. The minimum absolute atomic E-state index is 0.325. The Bertz CT molecular complexity index is 307. The fourth-order valence-electron chi connectivity index (χ4n) is 1.09. The van der Waals surface area contributed by atoms with E-state index in [1.165, 1.54) is 0 Å². The van der Waals surface area contributed by atoms with Crippen molar-refractivity contribution in [3.8, 4) is 0 Å². The Labute approximate surface area is 82.1 Å². The summed E-state index contributed by atoms with van der Waals surface area (Å²) >= 11 is 0. The average Bonchev–Trinajstić information content (AvgIpc) is 2.51. The van der Waals surface area contributed by atoms with Crippen molar-refractivity contribution in [1.29, 1.82) is 0 Å². The molecule has 0 aliphatic carbocycles. The van der Waals surface area contributed by atoms with Gasteiger partial charge in [0, 0.05) is 6.20 Å². The molecule has 1 unspecified atom stereocenters. The highest BCUT2D eigenvalue weighted by atomic mass is 16.5. The largest absolute Gasteiger partial charge is 0.461 e. The predicted octanol–water partition coefficient (Wildman–Crippen LogP) is 0.942. The van der Waals surface area contributed by atoms with Crippen LogP contribution in [-0.4, -0.2) is 28.9 Å². The zero-order valence-electron chi connectivity index (χ0n) is 8.20. The number of carbonyl (C=O) groups excluding carboxylic acids is 1. The predicted molar refractivity (Wildman–Crippen MR) is 52.1 cm³/mol. The molecule has 0 saturated heterocycles. The van der Waals surface area contributed by atoms with Crippen LogP contribution in [0.4, 0.5) is 5.69 Å². The van der Waals surface area contributed by atoms with E-state index < -0.39 is 12.2 Å². The molecule has 1 heterocycles. The van der Waals surface area contributed by atoms with E-state index in [1.54, 1.807) is 26.1 Å². The maximum absolute atomic E-state index is 11.3. The summed E-state index contributed by atoms with van der Waals surface area (Å²) in [5, 5.41) is 11.8. The van der Waals surface area contributed by atoms with Crippen LogP contribution in [-0.2, 0) is 4.74 Å². The summed E-state index contributed by atoms with van der Waals surface area (Å²) in [5.41, 5.74) is 0.867. The number of esters is 1. The number of aromatic nitrogens is 1. The van der Waals surface area contributed by atoms with E-state index in [2.05, 4.69) is 10.3 Å². The quantitative estimate of drug-likeness (QED) is 0.497. The normalized spacial score (nSPS) is 12.2. The van der Waals surface area contributed by atoms with E-state index in [0.29, 0.717) is 18.0 Å². The van der Waals surface area contributed by atoms with Crippen LogP contribution in [0.3, 0.4) is 0 Å². The van der Waals surface area contributed by atoms with Crippen molar-refractivity contribution in [3.63, 3.8) is 0 Å². The van der Waals surface area contributed by atoms with Crippen LogP contribution in [0.25, 0.3) is 0 Å². The highest BCUT2D eigenvalue weighted by Gasteiger charge is 2.14. The molecular formula is C9H14N2O3. The van der Waals surface area contributed by atoms with Crippen LogP contribution in [0.15, 0.2) is 12.3 Å². The van der Waals surface area contributed by atoms with Crippen LogP contribution in [0.1, 0.15) is 24.3 Å². The second-order valence-electron chi connectivity index (χ2n) is 2.81. The van der Waals surface area contributed by atoms with Crippen molar-refractivity contribution >= 4 is 11.7 Å². The Kier molecular flexibility index (Phi) is 3.53. The summed E-state index contributed by atoms with van der Waals surface area (Å²) in [5.74, 6) is -0.430. The number of aliphatic hydroxyl groups excluding tert-OH is 1. The third-order valence-electron chi connectivity index (χ3n) is 1.59. The molecule has 1 atom stereocenters. The molecule has 78 valence electrons. The van der Waals surface area contributed by atoms with Gasteiger partial charge in [-0.15, -0.1) is 0 Å². The topological polar surface area (TPSA) is 74.4 Å². The number of aliphatic hydroxyl groups is 1. The van der Waals surface area contributed by atoms with Gasteiger partial charge >= 0.3 is 5.97 Å². The number of rotatable bonds is 4. The standard InChI is InChI=1S/C9H14N2O3/c1-3-14-9(13)8-7(4-5-10-8)11-6(2)12/h4-6,10-12H,3H2,1-2H3. The van der Waals surface area contributed by atoms with E-state index in [-0.39, 0.29) is 0 Å². The summed E-state index contributed by atoms with van der Waals surface area (Å²) in [6, 6.07) is 1.67. The van der Waals surface area contributed by atoms with E-state index in [0.717, 1.165) is 0 Å². The molecule has 0 aromatic carbocycles. The molecular weight excluding hydrogens is 184 g/mol. The molecule has 0 amide bonds. The molecule has 0 spiro atoms. The van der Waals surface area contributed by atoms with Crippen molar-refractivity contribution < 1.29 is 14.6 Å². The van der Waals surface area contributed by atoms with Crippen molar-refractivity contribution in [1.82, 2.24) is 4.98 Å². The van der Waals surface area contributed by atoms with Gasteiger partial charge in [-0.25, -0.2) is 4.79 Å². The fraction of sp³-hybridized carbons (Fsp3) is 0.444. The van der Waals surface area contributed by atoms with Crippen LogP contribution in [0, 0.1) is 0 Å². The summed E-state index contributed by atoms with van der Waals surface area (Å²) in [6.45, 7) is 3.64. The van der Waals surface area contributed by atoms with Gasteiger partial charge in [0.2, 0.25) is 0 Å². The monoisotopic (exact) mass is 198 g/mol. The van der Waals surface area contributed by atoms with E-state index in [4.69, 9.17) is 9.84 Å². The van der Waals surface area contributed by atoms with Crippen molar-refractivity contribution in [3.05, 3.63) is 18.0 Å². The summed E-state index contributed by atoms with van der Waals surface area (Å²) in [7, 11) is 0. The van der Waals surface area contributed by atoms with Crippen LogP contribution < -0.4 is 5.32 Å². The van der Waals surface area contributed by atoms with Gasteiger partial charge in [-0.2, -0.15) is 0 Å². The number of nitrogens with one attached hydrogen (secondary N) is 2. The van der Waals surface area contributed by atoms with E-state index in [9.17, 15) is 4.79 Å². The Balaban J connectivity index is 2.76. The second-order valence-corrected chi connectivity index (χ2v) is 2.81. The lowest BCUT2D eigenvalue weighted by molar-refractivity contribution is 0.0521. The first kappa shape index (κ1) is 10.6. The Morgan fingerprint density at radius 3 is 3.07 bits per heavy atom. The molecule has 1 aromatic rings. The number of hydrogen-bond donors (Lipinski definition) is 3. The number of hydrogen-bond acceptors (Lipinski definition) is 4. The molecule has 1 aromatic heterocycles. The van der Waals surface area contributed by atoms with Crippen molar-refractivity contribution in [2.75, 3.05) is 11.9 Å². The lowest BCUT2D eigenvalue weighted by Crippen LogP contribution is -2.16. The van der Waals surface area contributed by atoms with Crippen molar-refractivity contribution in [2.24, 2.45) is 0 Å². The molecule has 0 aliphatic rings. The zero-order valence-corrected chi connectivity index (χ0v) is 8.20. The first-order valence-corrected chi connectivity index (χ1v) is 4.44. The minimum atomic E-state index is -0.709. The highest BCUT2D eigenvalue weighted by molar-refractivity contribution is 5.93. The smallest absolute Gasteiger partial charge is 0.356 e. The molecule has 5 heteroatoms. The van der Waals surface area contributed by atoms with Gasteiger partial charge in [-0.05, 0) is 19.9 Å². The van der Waals surface area contributed by atoms with Crippen LogP contribution >= 0.6 is 0 Å². The molecule has 5 nitrogen and oxygen atoms in total. The average molecular weight is 198 g/mol. The van der Waals surface area contributed by atoms with Gasteiger partial charge in [-0.1, -0.05) is 0 Å². The first-order chi connectivity index (χ1) is 6.65. The molecule has 0 bridgehead atoms. The van der Waals surface area contributed by atoms with Gasteiger partial charge in [-0.3, -0.25) is 0 Å². The van der Waals surface area contributed by atoms with Crippen molar-refractivity contribution in [2.45, 2.75) is 20.1 Å². The first-order valence-electron chi connectivity index (χ1n) is 4.44. The van der Waals surface area contributed by atoms with Gasteiger partial charge in [0.1, 0.15) is 11.9 Å². The number of carbonyl (C=O) groups is 1. The molecule has 0 fully saturated rings. The Morgan fingerprint density at radius 2 is 2.50 bits per heavy atom. The van der Waals surface area contributed by atoms with Crippen LogP contribution in [0.5, 0.6) is 0 Å². The summed E-state index contributed by atoms with van der Waals surface area (Å²) in [6.07, 6.45) is 0.899. The maximum Gasteiger partial charge on any atom is 0.356 e. The van der Waals surface area contributed by atoms with Gasteiger partial charge in [0.05, 0.1) is 12.3 Å². The third kappa shape index (κ3) is 2.50. The molecule has 0 radical (unpaired) electrons. The van der Waals surface area contributed by atoms with Gasteiger partial charge in [0.15, 0.2) is 0 Å². The highest BCUT2D eigenvalue weighted by Crippen LogP contribution is 2.15. The van der Waals surface area contributed by atoms with Gasteiger partial charge < -0.3 is 20.1 Å². The number of anilines is 1. The minimum Gasteiger partial charge on any atom is -0.461 e. The molecule has 14 heavy (non-hydrogen) atoms. The van der Waals surface area contributed by atoms with Crippen LogP contribution in [0.2, 0.25) is 0 Å². The summed E-state index contributed by atoms with van der Waals surface area (Å²) < 4.78 is 4.82. The Hall–Kier alpha value is -1.49. The number of ether oxygens (including phenoxy) is 1. The number of H-pyrrole nitrogens is 1. The third-order valence-corrected chi connectivity index (χ3v) is 1.59. The lowest BCUT2D eigenvalue weighted by atomic mass is 10.3. The van der Waals surface area contributed by atoms with Gasteiger partial charge in [0.25, 0.3) is 0 Å². The number of aromatic amines is 1. The molecule has 3 N–H and O–H groups in total. The fourth-order valence-corrected chi connectivity index (χ4v) is 1.09. The molecule has 0 aliphatic heterocycles. The second kappa shape index (κ2) is 4.66. The molecule has 1 rings (SSSR count). The Morgan fingerprint density at radius 1 is 1.79 bits per heavy atom. The SMILES string of the molecule is CCOC(=O)c1[nH]ccc1NC(C)O.